The van der Waals surface area contributed by atoms with Crippen LogP contribution in [0.25, 0.3) is 0 Å². The lowest BCUT2D eigenvalue weighted by Gasteiger charge is -2.36. The third-order valence-corrected chi connectivity index (χ3v) is 6.41. The number of nitrogens with one attached hydrogen (secondary N) is 1. The molecule has 178 valence electrons. The molecule has 7 nitrogen and oxygen atoms in total. The van der Waals surface area contributed by atoms with Crippen molar-refractivity contribution in [2.24, 2.45) is 0 Å². The van der Waals surface area contributed by atoms with Crippen molar-refractivity contribution in [2.75, 3.05) is 13.7 Å². The van der Waals surface area contributed by atoms with Crippen molar-refractivity contribution in [1.29, 1.82) is 0 Å². The van der Waals surface area contributed by atoms with E-state index in [2.05, 4.69) is 25.9 Å². The van der Waals surface area contributed by atoms with Crippen LogP contribution in [0.4, 0.5) is 0 Å². The van der Waals surface area contributed by atoms with Gasteiger partial charge in [0.1, 0.15) is 11.8 Å². The molecular formula is C26H27ClN2O5. The molecule has 8 heteroatoms. The average Bonchev–Trinajstić information content (AvgIpc) is 3.22. The zero-order valence-corrected chi connectivity index (χ0v) is 20.4. The van der Waals surface area contributed by atoms with Gasteiger partial charge in [0.05, 0.1) is 13.2 Å². The summed E-state index contributed by atoms with van der Waals surface area (Å²) in [4.78, 5) is 39.8. The molecule has 34 heavy (non-hydrogen) atoms. The number of carbonyl (C=O) groups is 2. The van der Waals surface area contributed by atoms with Gasteiger partial charge in [-0.3, -0.25) is 14.4 Å². The lowest BCUT2D eigenvalue weighted by atomic mass is 9.85. The van der Waals surface area contributed by atoms with Crippen LogP contribution in [0.1, 0.15) is 59.6 Å². The summed E-state index contributed by atoms with van der Waals surface area (Å²) in [5.74, 6) is -0.112. The van der Waals surface area contributed by atoms with Crippen LogP contribution in [0, 0.1) is 0 Å². The summed E-state index contributed by atoms with van der Waals surface area (Å²) in [6.45, 7) is 6.54. The van der Waals surface area contributed by atoms with Crippen LogP contribution in [0.2, 0.25) is 5.02 Å². The van der Waals surface area contributed by atoms with Crippen LogP contribution >= 0.6 is 11.6 Å². The molecule has 0 fully saturated rings. The topological polar surface area (TPSA) is 92.6 Å². The van der Waals surface area contributed by atoms with Crippen molar-refractivity contribution < 1.29 is 18.8 Å². The molecule has 0 aliphatic carbocycles. The standard InChI is InChI=1S/C26H27ClN2O5/c1-26(2,3)19-8-5-15(11-20(19)27)12-21(30)24-18-7-6-17(33-4)13-16(18)9-10-29(24)25(32)22-14-23(31)28-34-22/h5-8,11,13-14,24H,9-10,12H2,1-4H3,(H,28,31). The molecule has 2 heterocycles. The highest BCUT2D eigenvalue weighted by Gasteiger charge is 2.37. The summed E-state index contributed by atoms with van der Waals surface area (Å²) in [5.41, 5.74) is 2.81. The predicted molar refractivity (Wildman–Crippen MR) is 129 cm³/mol. The molecule has 0 saturated heterocycles. The van der Waals surface area contributed by atoms with Gasteiger partial charge in [0.2, 0.25) is 5.76 Å². The molecule has 1 aliphatic rings. The Morgan fingerprint density at radius 3 is 2.56 bits per heavy atom. The number of hydrogen-bond donors (Lipinski definition) is 1. The smallest absolute Gasteiger partial charge is 0.293 e. The number of H-pyrrole nitrogens is 1. The SMILES string of the molecule is COc1ccc2c(c1)CCN(C(=O)c1cc(=O)[nH]o1)C2C(=O)Cc1ccc(C(C)(C)C)c(Cl)c1. The first kappa shape index (κ1) is 23.8. The molecule has 0 saturated carbocycles. The first-order chi connectivity index (χ1) is 16.1. The third kappa shape index (κ3) is 4.66. The molecule has 1 N–H and O–H groups in total. The van der Waals surface area contributed by atoms with Gasteiger partial charge in [-0.15, -0.1) is 0 Å². The fraction of sp³-hybridized carbons (Fsp3) is 0.346. The van der Waals surface area contributed by atoms with Gasteiger partial charge >= 0.3 is 0 Å². The van der Waals surface area contributed by atoms with Crippen molar-refractivity contribution in [2.45, 2.75) is 45.1 Å². The highest BCUT2D eigenvalue weighted by molar-refractivity contribution is 6.31. The van der Waals surface area contributed by atoms with E-state index in [1.165, 1.54) is 4.90 Å². The maximum absolute atomic E-state index is 13.7. The molecule has 1 amide bonds. The van der Waals surface area contributed by atoms with Gasteiger partial charge in [-0.2, -0.15) is 5.16 Å². The van der Waals surface area contributed by atoms with Crippen LogP contribution in [0.3, 0.4) is 0 Å². The molecule has 0 spiro atoms. The van der Waals surface area contributed by atoms with E-state index in [0.717, 1.165) is 28.3 Å². The second kappa shape index (κ2) is 9.14. The predicted octanol–water partition coefficient (Wildman–Crippen LogP) is 4.48. The van der Waals surface area contributed by atoms with E-state index in [9.17, 15) is 14.4 Å². The first-order valence-corrected chi connectivity index (χ1v) is 11.4. The highest BCUT2D eigenvalue weighted by Crippen LogP contribution is 2.35. The average molecular weight is 483 g/mol. The number of ether oxygens (including phenoxy) is 1. The Morgan fingerprint density at radius 1 is 1.18 bits per heavy atom. The van der Waals surface area contributed by atoms with E-state index in [0.29, 0.717) is 23.7 Å². The Morgan fingerprint density at radius 2 is 1.94 bits per heavy atom. The Bertz CT molecular complexity index is 1300. The molecule has 0 bridgehead atoms. The summed E-state index contributed by atoms with van der Waals surface area (Å²) < 4.78 is 10.4. The number of methoxy groups -OCH3 is 1. The number of aromatic nitrogens is 1. The second-order valence-electron chi connectivity index (χ2n) is 9.50. The maximum atomic E-state index is 13.7. The summed E-state index contributed by atoms with van der Waals surface area (Å²) in [6.07, 6.45) is 0.643. The minimum atomic E-state index is -0.830. The molecule has 1 unspecified atom stereocenters. The number of amides is 1. The van der Waals surface area contributed by atoms with Crippen molar-refractivity contribution in [3.63, 3.8) is 0 Å². The normalized spacial score (nSPS) is 15.7. The van der Waals surface area contributed by atoms with E-state index in [1.807, 2.05) is 30.3 Å². The van der Waals surface area contributed by atoms with Gasteiger partial charge in [-0.05, 0) is 52.3 Å². The van der Waals surface area contributed by atoms with Crippen LogP contribution in [-0.4, -0.2) is 35.4 Å². The zero-order chi connectivity index (χ0) is 24.6. The van der Waals surface area contributed by atoms with Crippen LogP contribution in [-0.2, 0) is 23.1 Å². The van der Waals surface area contributed by atoms with Gasteiger partial charge in [0.15, 0.2) is 5.78 Å². The summed E-state index contributed by atoms with van der Waals surface area (Å²) in [6, 6.07) is 11.4. The number of Topliss-reactive ketones (excluding diaryl/α,β-unsaturated/α-hetero) is 1. The number of aromatic amines is 1. The number of benzene rings is 2. The number of nitrogens with zero attached hydrogens (tertiary/aromatic N) is 1. The van der Waals surface area contributed by atoms with Gasteiger partial charge in [-0.1, -0.05) is 50.6 Å². The molecular weight excluding hydrogens is 456 g/mol. The number of carbonyl (C=O) groups excluding carboxylic acids is 2. The molecule has 2 aromatic carbocycles. The van der Waals surface area contributed by atoms with E-state index in [-0.39, 0.29) is 23.4 Å². The van der Waals surface area contributed by atoms with Crippen molar-refractivity contribution in [1.82, 2.24) is 10.1 Å². The fourth-order valence-corrected chi connectivity index (χ4v) is 4.89. The van der Waals surface area contributed by atoms with Gasteiger partial charge in [0.25, 0.3) is 11.5 Å². The van der Waals surface area contributed by atoms with Gasteiger partial charge < -0.3 is 14.2 Å². The minimum absolute atomic E-state index is 0.0984. The van der Waals surface area contributed by atoms with E-state index < -0.39 is 17.5 Å². The first-order valence-electron chi connectivity index (χ1n) is 11.1. The minimum Gasteiger partial charge on any atom is -0.497 e. The Labute approximate surface area is 202 Å². The number of halogens is 1. The Kier molecular flexibility index (Phi) is 6.41. The highest BCUT2D eigenvalue weighted by atomic mass is 35.5. The van der Waals surface area contributed by atoms with E-state index in [1.54, 1.807) is 13.2 Å². The second-order valence-corrected chi connectivity index (χ2v) is 9.91. The van der Waals surface area contributed by atoms with Crippen LogP contribution in [0.5, 0.6) is 5.75 Å². The zero-order valence-electron chi connectivity index (χ0n) is 19.6. The molecule has 1 atom stereocenters. The largest absolute Gasteiger partial charge is 0.497 e. The number of fused-ring (bicyclic) bond motifs is 1. The van der Waals surface area contributed by atoms with Gasteiger partial charge in [0, 0.05) is 18.0 Å². The van der Waals surface area contributed by atoms with E-state index in [4.69, 9.17) is 20.9 Å². The lowest BCUT2D eigenvalue weighted by molar-refractivity contribution is -0.123. The van der Waals surface area contributed by atoms with Crippen LogP contribution < -0.4 is 10.3 Å². The summed E-state index contributed by atoms with van der Waals surface area (Å²) >= 11 is 6.52. The van der Waals surface area contributed by atoms with E-state index >= 15 is 0 Å². The lowest BCUT2D eigenvalue weighted by Crippen LogP contribution is -2.44. The van der Waals surface area contributed by atoms with Crippen molar-refractivity contribution >= 4 is 23.3 Å². The fourth-order valence-electron chi connectivity index (χ4n) is 4.40. The number of rotatable bonds is 5. The van der Waals surface area contributed by atoms with Gasteiger partial charge in [-0.25, -0.2) is 0 Å². The molecule has 3 aromatic rings. The number of ketones is 1. The molecule has 1 aromatic heterocycles. The Hall–Kier alpha value is -3.32. The van der Waals surface area contributed by atoms with Crippen molar-refractivity contribution in [3.8, 4) is 5.75 Å². The third-order valence-electron chi connectivity index (χ3n) is 6.10. The maximum Gasteiger partial charge on any atom is 0.293 e. The monoisotopic (exact) mass is 482 g/mol. The number of hydrogen-bond acceptors (Lipinski definition) is 5. The Balaban J connectivity index is 1.70. The molecule has 4 rings (SSSR count). The summed E-state index contributed by atoms with van der Waals surface area (Å²) in [5, 5.41) is 2.74. The quantitative estimate of drug-likeness (QED) is 0.578. The molecule has 1 aliphatic heterocycles. The van der Waals surface area contributed by atoms with Crippen LogP contribution in [0.15, 0.2) is 51.8 Å². The molecule has 0 radical (unpaired) electrons. The van der Waals surface area contributed by atoms with Crippen molar-refractivity contribution in [3.05, 3.63) is 85.9 Å². The summed E-state index contributed by atoms with van der Waals surface area (Å²) in [7, 11) is 1.59.